The summed E-state index contributed by atoms with van der Waals surface area (Å²) in [7, 11) is 0. The number of nitrogens with one attached hydrogen (secondary N) is 1. The Morgan fingerprint density at radius 1 is 1.32 bits per heavy atom. The summed E-state index contributed by atoms with van der Waals surface area (Å²) < 4.78 is 0. The van der Waals surface area contributed by atoms with Crippen LogP contribution in [0.3, 0.4) is 0 Å². The molecule has 5 heteroatoms. The molecule has 1 heterocycles. The molecular weight excluding hydrogens is 276 g/mol. The van der Waals surface area contributed by atoms with Crippen LogP contribution in [0.5, 0.6) is 0 Å². The SMILES string of the molecule is CC1CC(C)CN(/C=C(/C#N)C(=O)Nc2ccc(N)cc2)C1. The van der Waals surface area contributed by atoms with Crippen LogP contribution in [0.4, 0.5) is 11.4 Å². The Labute approximate surface area is 131 Å². The average Bonchev–Trinajstić information content (AvgIpc) is 2.46. The molecule has 2 unspecified atom stereocenters. The molecule has 3 N–H and O–H groups in total. The van der Waals surface area contributed by atoms with Gasteiger partial charge in [0.1, 0.15) is 11.6 Å². The first-order valence-corrected chi connectivity index (χ1v) is 7.50. The molecule has 0 radical (unpaired) electrons. The molecule has 0 aromatic heterocycles. The topological polar surface area (TPSA) is 82.2 Å². The van der Waals surface area contributed by atoms with Crippen LogP contribution < -0.4 is 11.1 Å². The minimum absolute atomic E-state index is 0.123. The number of anilines is 2. The Morgan fingerprint density at radius 2 is 1.91 bits per heavy atom. The number of likely N-dealkylation sites (tertiary alicyclic amines) is 1. The Balaban J connectivity index is 2.06. The standard InChI is InChI=1S/C17H22N4O/c1-12-7-13(2)10-21(9-12)11-14(8-18)17(22)20-16-5-3-15(19)4-6-16/h3-6,11-13H,7,9-10,19H2,1-2H3,(H,20,22)/b14-11-. The average molecular weight is 298 g/mol. The van der Waals surface area contributed by atoms with Crippen molar-refractivity contribution in [1.82, 2.24) is 4.90 Å². The third-order valence-electron chi connectivity index (χ3n) is 3.74. The molecule has 0 saturated carbocycles. The highest BCUT2D eigenvalue weighted by Gasteiger charge is 2.21. The Hall–Kier alpha value is -2.48. The van der Waals surface area contributed by atoms with E-state index < -0.39 is 5.91 Å². The van der Waals surface area contributed by atoms with Crippen molar-refractivity contribution in [1.29, 1.82) is 5.26 Å². The molecule has 1 amide bonds. The molecule has 116 valence electrons. The van der Waals surface area contributed by atoms with Gasteiger partial charge in [0.05, 0.1) is 0 Å². The number of nitrogen functional groups attached to an aromatic ring is 1. The van der Waals surface area contributed by atoms with Gasteiger partial charge in [0.2, 0.25) is 0 Å². The van der Waals surface area contributed by atoms with Crippen molar-refractivity contribution in [3.63, 3.8) is 0 Å². The fraction of sp³-hybridized carbons (Fsp3) is 0.412. The Morgan fingerprint density at radius 3 is 2.45 bits per heavy atom. The lowest BCUT2D eigenvalue weighted by Crippen LogP contribution is -2.35. The zero-order valence-corrected chi connectivity index (χ0v) is 13.0. The Kier molecular flexibility index (Phi) is 5.05. The molecule has 0 bridgehead atoms. The molecule has 1 aromatic rings. The highest BCUT2D eigenvalue weighted by atomic mass is 16.1. The molecule has 5 nitrogen and oxygen atoms in total. The number of nitrogens with two attached hydrogens (primary N) is 1. The third-order valence-corrected chi connectivity index (χ3v) is 3.74. The third kappa shape index (κ3) is 4.26. The zero-order chi connectivity index (χ0) is 16.1. The summed E-state index contributed by atoms with van der Waals surface area (Å²) in [6, 6.07) is 8.84. The van der Waals surface area contributed by atoms with Crippen LogP contribution in [0.2, 0.25) is 0 Å². The van der Waals surface area contributed by atoms with Gasteiger partial charge in [-0.15, -0.1) is 0 Å². The largest absolute Gasteiger partial charge is 0.399 e. The maximum absolute atomic E-state index is 12.2. The van der Waals surface area contributed by atoms with Crippen LogP contribution in [0.25, 0.3) is 0 Å². The highest BCUT2D eigenvalue weighted by Crippen LogP contribution is 2.21. The maximum Gasteiger partial charge on any atom is 0.267 e. The molecule has 2 atom stereocenters. The van der Waals surface area contributed by atoms with Gasteiger partial charge < -0.3 is 16.0 Å². The van der Waals surface area contributed by atoms with Crippen LogP contribution in [-0.4, -0.2) is 23.9 Å². The van der Waals surface area contributed by atoms with Gasteiger partial charge >= 0.3 is 0 Å². The van der Waals surface area contributed by atoms with Gasteiger partial charge in [0.25, 0.3) is 5.91 Å². The molecule has 1 aromatic carbocycles. The van der Waals surface area contributed by atoms with Gasteiger partial charge in [-0.05, 0) is 42.5 Å². The summed E-state index contributed by atoms with van der Waals surface area (Å²) in [5.41, 5.74) is 6.99. The van der Waals surface area contributed by atoms with Crippen molar-refractivity contribution >= 4 is 17.3 Å². The van der Waals surface area contributed by atoms with E-state index in [2.05, 4.69) is 24.1 Å². The predicted octanol–water partition coefficient (Wildman–Crippen LogP) is 2.59. The number of piperidine rings is 1. The van der Waals surface area contributed by atoms with Crippen LogP contribution in [0, 0.1) is 23.2 Å². The smallest absolute Gasteiger partial charge is 0.267 e. The van der Waals surface area contributed by atoms with Gasteiger partial charge in [0, 0.05) is 30.7 Å². The lowest BCUT2D eigenvalue weighted by molar-refractivity contribution is -0.112. The molecule has 0 aliphatic carbocycles. The summed E-state index contributed by atoms with van der Waals surface area (Å²) in [5.74, 6) is 0.748. The second-order valence-corrected chi connectivity index (χ2v) is 6.13. The molecule has 0 spiro atoms. The van der Waals surface area contributed by atoms with Crippen molar-refractivity contribution in [3.05, 3.63) is 36.0 Å². The lowest BCUT2D eigenvalue weighted by atomic mass is 9.92. The summed E-state index contributed by atoms with van der Waals surface area (Å²) in [4.78, 5) is 14.3. The van der Waals surface area contributed by atoms with E-state index in [1.807, 2.05) is 6.07 Å². The number of benzene rings is 1. The van der Waals surface area contributed by atoms with Gasteiger partial charge in [-0.1, -0.05) is 13.8 Å². The van der Waals surface area contributed by atoms with E-state index in [4.69, 9.17) is 5.73 Å². The number of rotatable bonds is 3. The van der Waals surface area contributed by atoms with Crippen LogP contribution in [0.15, 0.2) is 36.0 Å². The van der Waals surface area contributed by atoms with Crippen molar-refractivity contribution in [2.24, 2.45) is 11.8 Å². The first-order valence-electron chi connectivity index (χ1n) is 7.50. The quantitative estimate of drug-likeness (QED) is 0.510. The first kappa shape index (κ1) is 15.9. The highest BCUT2D eigenvalue weighted by molar-refractivity contribution is 6.06. The number of carbonyl (C=O) groups is 1. The maximum atomic E-state index is 12.2. The van der Waals surface area contributed by atoms with E-state index in [0.717, 1.165) is 13.1 Å². The lowest BCUT2D eigenvalue weighted by Gasteiger charge is -2.34. The van der Waals surface area contributed by atoms with Gasteiger partial charge in [-0.2, -0.15) is 5.26 Å². The van der Waals surface area contributed by atoms with Gasteiger partial charge in [-0.3, -0.25) is 4.79 Å². The van der Waals surface area contributed by atoms with E-state index in [-0.39, 0.29) is 5.57 Å². The summed E-state index contributed by atoms with van der Waals surface area (Å²) in [6.07, 6.45) is 2.86. The van der Waals surface area contributed by atoms with E-state index in [0.29, 0.717) is 23.2 Å². The molecule has 22 heavy (non-hydrogen) atoms. The number of nitriles is 1. The summed E-state index contributed by atoms with van der Waals surface area (Å²) in [5, 5.41) is 12.0. The number of amides is 1. The van der Waals surface area contributed by atoms with E-state index in [1.165, 1.54) is 6.42 Å². The summed E-state index contributed by atoms with van der Waals surface area (Å²) >= 11 is 0. The first-order chi connectivity index (χ1) is 10.5. The number of hydrogen-bond acceptors (Lipinski definition) is 4. The molecule has 2 rings (SSSR count). The summed E-state index contributed by atoms with van der Waals surface area (Å²) in [6.45, 7) is 6.14. The number of nitrogens with zero attached hydrogens (tertiary/aromatic N) is 2. The molecule has 1 aliphatic rings. The van der Waals surface area contributed by atoms with Crippen LogP contribution in [-0.2, 0) is 4.79 Å². The predicted molar refractivity (Wildman–Crippen MR) is 87.7 cm³/mol. The normalized spacial score (nSPS) is 22.0. The number of hydrogen-bond donors (Lipinski definition) is 2. The molecular formula is C17H22N4O. The van der Waals surface area contributed by atoms with Crippen LogP contribution in [0.1, 0.15) is 20.3 Å². The molecule has 1 aliphatic heterocycles. The van der Waals surface area contributed by atoms with Crippen molar-refractivity contribution in [2.75, 3.05) is 24.1 Å². The monoisotopic (exact) mass is 298 g/mol. The fourth-order valence-corrected chi connectivity index (χ4v) is 2.90. The van der Waals surface area contributed by atoms with E-state index >= 15 is 0 Å². The van der Waals surface area contributed by atoms with Gasteiger partial charge in [0.15, 0.2) is 0 Å². The van der Waals surface area contributed by atoms with Crippen LogP contribution >= 0.6 is 0 Å². The minimum Gasteiger partial charge on any atom is -0.399 e. The van der Waals surface area contributed by atoms with E-state index in [1.54, 1.807) is 30.5 Å². The van der Waals surface area contributed by atoms with Crippen molar-refractivity contribution in [3.8, 4) is 6.07 Å². The zero-order valence-electron chi connectivity index (χ0n) is 13.0. The Bertz CT molecular complexity index is 590. The second kappa shape index (κ2) is 6.99. The van der Waals surface area contributed by atoms with E-state index in [9.17, 15) is 10.1 Å². The minimum atomic E-state index is -0.391. The number of carbonyl (C=O) groups excluding carboxylic acids is 1. The van der Waals surface area contributed by atoms with Gasteiger partial charge in [-0.25, -0.2) is 0 Å². The second-order valence-electron chi connectivity index (χ2n) is 6.13. The van der Waals surface area contributed by atoms with Crippen molar-refractivity contribution in [2.45, 2.75) is 20.3 Å². The fourth-order valence-electron chi connectivity index (χ4n) is 2.90. The molecule has 1 fully saturated rings. The molecule has 1 saturated heterocycles. The van der Waals surface area contributed by atoms with Crippen molar-refractivity contribution < 1.29 is 4.79 Å².